The van der Waals surface area contributed by atoms with Crippen LogP contribution in [0.25, 0.3) is 0 Å². The van der Waals surface area contributed by atoms with Gasteiger partial charge in [0.25, 0.3) is 0 Å². The fourth-order valence-corrected chi connectivity index (χ4v) is 2.42. The number of rotatable bonds is 6. The molecule has 1 amide bonds. The maximum Gasteiger partial charge on any atom is 0.323 e. The lowest BCUT2D eigenvalue weighted by atomic mass is 10.0. The van der Waals surface area contributed by atoms with Crippen LogP contribution in [0.1, 0.15) is 53.9 Å². The van der Waals surface area contributed by atoms with Crippen molar-refractivity contribution in [2.75, 3.05) is 13.2 Å². The van der Waals surface area contributed by atoms with Crippen molar-refractivity contribution in [3.63, 3.8) is 0 Å². The summed E-state index contributed by atoms with van der Waals surface area (Å²) in [6.07, 6.45) is 2.57. The highest BCUT2D eigenvalue weighted by Crippen LogP contribution is 2.22. The maximum absolute atomic E-state index is 12.3. The SMILES string of the molecule is CCOC(=O)C1CCCN1C(C)C(=O)NC(C)(C)CC. The Morgan fingerprint density at radius 3 is 2.60 bits per heavy atom. The molecular weight excluding hydrogens is 256 g/mol. The van der Waals surface area contributed by atoms with Gasteiger partial charge in [-0.15, -0.1) is 0 Å². The first kappa shape index (κ1) is 17.0. The summed E-state index contributed by atoms with van der Waals surface area (Å²) in [4.78, 5) is 26.2. The van der Waals surface area contributed by atoms with Crippen LogP contribution in [-0.4, -0.2) is 47.6 Å². The Kier molecular flexibility index (Phi) is 5.99. The summed E-state index contributed by atoms with van der Waals surface area (Å²) in [6.45, 7) is 10.9. The van der Waals surface area contributed by atoms with Crippen LogP contribution >= 0.6 is 0 Å². The minimum atomic E-state index is -0.308. The summed E-state index contributed by atoms with van der Waals surface area (Å²) in [5, 5.41) is 3.04. The second-order valence-electron chi connectivity index (χ2n) is 6.05. The summed E-state index contributed by atoms with van der Waals surface area (Å²) < 4.78 is 5.10. The molecule has 0 aromatic heterocycles. The van der Waals surface area contributed by atoms with Crippen molar-refractivity contribution >= 4 is 11.9 Å². The summed E-state index contributed by atoms with van der Waals surface area (Å²) in [7, 11) is 0. The number of ether oxygens (including phenoxy) is 1. The third-order valence-corrected chi connectivity index (χ3v) is 4.08. The van der Waals surface area contributed by atoms with E-state index < -0.39 is 0 Å². The van der Waals surface area contributed by atoms with E-state index in [9.17, 15) is 9.59 Å². The van der Waals surface area contributed by atoms with E-state index in [2.05, 4.69) is 5.32 Å². The van der Waals surface area contributed by atoms with Crippen LogP contribution in [0.15, 0.2) is 0 Å². The van der Waals surface area contributed by atoms with Gasteiger partial charge in [0, 0.05) is 5.54 Å². The summed E-state index contributed by atoms with van der Waals surface area (Å²) in [5.41, 5.74) is -0.218. The number of esters is 1. The number of nitrogens with zero attached hydrogens (tertiary/aromatic N) is 1. The normalized spacial score (nSPS) is 21.6. The van der Waals surface area contributed by atoms with Crippen LogP contribution in [0.3, 0.4) is 0 Å². The van der Waals surface area contributed by atoms with Crippen molar-refractivity contribution in [2.24, 2.45) is 0 Å². The minimum Gasteiger partial charge on any atom is -0.465 e. The highest BCUT2D eigenvalue weighted by Gasteiger charge is 2.38. The molecule has 1 aliphatic rings. The minimum absolute atomic E-state index is 0.0203. The van der Waals surface area contributed by atoms with Gasteiger partial charge in [0.1, 0.15) is 6.04 Å². The molecule has 2 atom stereocenters. The monoisotopic (exact) mass is 284 g/mol. The van der Waals surface area contributed by atoms with E-state index >= 15 is 0 Å². The molecule has 0 spiro atoms. The maximum atomic E-state index is 12.3. The van der Waals surface area contributed by atoms with Crippen LogP contribution in [0.2, 0.25) is 0 Å². The number of likely N-dealkylation sites (tertiary alicyclic amines) is 1. The number of carbonyl (C=O) groups excluding carboxylic acids is 2. The Morgan fingerprint density at radius 2 is 2.05 bits per heavy atom. The lowest BCUT2D eigenvalue weighted by Gasteiger charge is -2.32. The fraction of sp³-hybridized carbons (Fsp3) is 0.867. The van der Waals surface area contributed by atoms with Crippen LogP contribution < -0.4 is 5.32 Å². The summed E-state index contributed by atoms with van der Waals surface area (Å²) in [5.74, 6) is -0.229. The highest BCUT2D eigenvalue weighted by molar-refractivity contribution is 5.83. The van der Waals surface area contributed by atoms with Crippen LogP contribution in [0, 0.1) is 0 Å². The average Bonchev–Trinajstić information content (AvgIpc) is 2.86. The molecule has 0 aromatic rings. The molecule has 0 bridgehead atoms. The van der Waals surface area contributed by atoms with E-state index in [1.807, 2.05) is 32.6 Å². The topological polar surface area (TPSA) is 58.6 Å². The molecular formula is C15H28N2O3. The zero-order chi connectivity index (χ0) is 15.3. The number of carbonyl (C=O) groups is 2. The quantitative estimate of drug-likeness (QED) is 0.754. The molecule has 1 fully saturated rings. The first-order valence-electron chi connectivity index (χ1n) is 7.56. The van der Waals surface area contributed by atoms with E-state index in [0.717, 1.165) is 25.8 Å². The van der Waals surface area contributed by atoms with Gasteiger partial charge in [0.15, 0.2) is 0 Å². The zero-order valence-electron chi connectivity index (χ0n) is 13.4. The van der Waals surface area contributed by atoms with E-state index in [1.165, 1.54) is 0 Å². The summed E-state index contributed by atoms with van der Waals surface area (Å²) in [6, 6.07) is -0.585. The van der Waals surface area contributed by atoms with Gasteiger partial charge < -0.3 is 10.1 Å². The Morgan fingerprint density at radius 1 is 1.40 bits per heavy atom. The Balaban J connectivity index is 2.67. The van der Waals surface area contributed by atoms with Gasteiger partial charge in [0.2, 0.25) is 5.91 Å². The van der Waals surface area contributed by atoms with Crippen LogP contribution in [0.5, 0.6) is 0 Å². The van der Waals surface area contributed by atoms with E-state index in [1.54, 1.807) is 6.92 Å². The van der Waals surface area contributed by atoms with Gasteiger partial charge in [-0.25, -0.2) is 0 Å². The number of amides is 1. The number of hydrogen-bond donors (Lipinski definition) is 1. The molecule has 1 aliphatic heterocycles. The third-order valence-electron chi connectivity index (χ3n) is 4.08. The smallest absolute Gasteiger partial charge is 0.323 e. The first-order chi connectivity index (χ1) is 9.32. The van der Waals surface area contributed by atoms with E-state index in [4.69, 9.17) is 4.74 Å². The van der Waals surface area contributed by atoms with Gasteiger partial charge in [-0.1, -0.05) is 6.92 Å². The predicted octanol–water partition coefficient (Wildman–Crippen LogP) is 1.71. The molecule has 1 heterocycles. The molecule has 0 aliphatic carbocycles. The van der Waals surface area contributed by atoms with Gasteiger partial charge >= 0.3 is 5.97 Å². The van der Waals surface area contributed by atoms with E-state index in [0.29, 0.717) is 6.61 Å². The van der Waals surface area contributed by atoms with Crippen molar-refractivity contribution in [1.82, 2.24) is 10.2 Å². The van der Waals surface area contributed by atoms with Crippen molar-refractivity contribution in [2.45, 2.75) is 71.5 Å². The molecule has 0 aromatic carbocycles. The molecule has 0 radical (unpaired) electrons. The Labute approximate surface area is 122 Å². The van der Waals surface area contributed by atoms with Gasteiger partial charge in [-0.05, 0) is 53.5 Å². The van der Waals surface area contributed by atoms with Crippen molar-refractivity contribution in [3.8, 4) is 0 Å². The van der Waals surface area contributed by atoms with E-state index in [-0.39, 0.29) is 29.5 Å². The molecule has 116 valence electrons. The lowest BCUT2D eigenvalue weighted by Crippen LogP contribution is -2.54. The second kappa shape index (κ2) is 7.07. The molecule has 2 unspecified atom stereocenters. The van der Waals surface area contributed by atoms with Crippen molar-refractivity contribution in [1.29, 1.82) is 0 Å². The first-order valence-corrected chi connectivity index (χ1v) is 7.56. The average molecular weight is 284 g/mol. The molecule has 1 rings (SSSR count). The largest absolute Gasteiger partial charge is 0.465 e. The standard InChI is InChI=1S/C15H28N2O3/c1-6-15(4,5)16-13(18)11(3)17-10-8-9-12(17)14(19)20-7-2/h11-12H,6-10H2,1-5H3,(H,16,18). The number of nitrogens with one attached hydrogen (secondary N) is 1. The van der Waals surface area contributed by atoms with Gasteiger partial charge in [-0.3, -0.25) is 14.5 Å². The molecule has 5 nitrogen and oxygen atoms in total. The molecule has 0 saturated carbocycles. The molecule has 1 saturated heterocycles. The Bertz CT molecular complexity index is 355. The lowest BCUT2D eigenvalue weighted by molar-refractivity contribution is -0.149. The fourth-order valence-electron chi connectivity index (χ4n) is 2.42. The zero-order valence-corrected chi connectivity index (χ0v) is 13.4. The summed E-state index contributed by atoms with van der Waals surface area (Å²) >= 11 is 0. The van der Waals surface area contributed by atoms with Crippen LogP contribution in [0.4, 0.5) is 0 Å². The van der Waals surface area contributed by atoms with Gasteiger partial charge in [-0.2, -0.15) is 0 Å². The van der Waals surface area contributed by atoms with Crippen molar-refractivity contribution < 1.29 is 14.3 Å². The van der Waals surface area contributed by atoms with Crippen molar-refractivity contribution in [3.05, 3.63) is 0 Å². The predicted molar refractivity (Wildman–Crippen MR) is 78.3 cm³/mol. The van der Waals surface area contributed by atoms with Crippen LogP contribution in [-0.2, 0) is 14.3 Å². The second-order valence-corrected chi connectivity index (χ2v) is 6.05. The van der Waals surface area contributed by atoms with Gasteiger partial charge in [0.05, 0.1) is 12.6 Å². The molecule has 5 heteroatoms. The number of hydrogen-bond acceptors (Lipinski definition) is 4. The third kappa shape index (κ3) is 4.20. The Hall–Kier alpha value is -1.10. The molecule has 20 heavy (non-hydrogen) atoms. The highest BCUT2D eigenvalue weighted by atomic mass is 16.5. The molecule has 1 N–H and O–H groups in total.